The van der Waals surface area contributed by atoms with Crippen LogP contribution >= 0.6 is 11.8 Å². The molecule has 0 aliphatic heterocycles. The van der Waals surface area contributed by atoms with Gasteiger partial charge in [0.05, 0.1) is 0 Å². The minimum atomic E-state index is 0.577. The van der Waals surface area contributed by atoms with Crippen LogP contribution in [0.5, 0.6) is 0 Å². The third-order valence-corrected chi connectivity index (χ3v) is 4.00. The van der Waals surface area contributed by atoms with Gasteiger partial charge < -0.3 is 5.73 Å². The zero-order chi connectivity index (χ0) is 11.5. The molecule has 1 heterocycles. The number of nitrogens with two attached hydrogens (primary N) is 1. The second-order valence-electron chi connectivity index (χ2n) is 4.37. The van der Waals surface area contributed by atoms with E-state index in [-0.39, 0.29) is 0 Å². The summed E-state index contributed by atoms with van der Waals surface area (Å²) in [5, 5.41) is 1.09. The first-order valence-corrected chi connectivity index (χ1v) is 6.97. The highest BCUT2D eigenvalue weighted by Gasteiger charge is 2.27. The smallest absolute Gasteiger partial charge is 0.135 e. The monoisotopic (exact) mass is 237 g/mol. The molecule has 4 heteroatoms. The van der Waals surface area contributed by atoms with E-state index in [9.17, 15) is 0 Å². The highest BCUT2D eigenvalue weighted by molar-refractivity contribution is 7.99. The van der Waals surface area contributed by atoms with E-state index in [1.807, 2.05) is 18.7 Å². The van der Waals surface area contributed by atoms with E-state index in [0.717, 1.165) is 22.2 Å². The number of thioether (sulfide) groups is 1. The molecule has 0 unspecified atom stereocenters. The van der Waals surface area contributed by atoms with Gasteiger partial charge in [0.15, 0.2) is 0 Å². The number of unbranched alkanes of at least 4 members (excludes halogenated alkanes) is 1. The van der Waals surface area contributed by atoms with E-state index in [0.29, 0.717) is 11.7 Å². The molecule has 0 aromatic carbocycles. The van der Waals surface area contributed by atoms with Crippen LogP contribution in [-0.2, 0) is 0 Å². The zero-order valence-corrected chi connectivity index (χ0v) is 10.8. The maximum absolute atomic E-state index is 5.93. The maximum Gasteiger partial charge on any atom is 0.135 e. The molecule has 0 bridgehead atoms. The van der Waals surface area contributed by atoms with Crippen molar-refractivity contribution in [1.82, 2.24) is 9.97 Å². The molecular weight excluding hydrogens is 218 g/mol. The predicted octanol–water partition coefficient (Wildman–Crippen LogP) is 3.14. The molecule has 0 spiro atoms. The van der Waals surface area contributed by atoms with Crippen LogP contribution in [-0.4, -0.2) is 15.7 Å². The lowest BCUT2D eigenvalue weighted by molar-refractivity contribution is 0.861. The van der Waals surface area contributed by atoms with Gasteiger partial charge in [-0.1, -0.05) is 13.3 Å². The SMILES string of the molecule is CCCCSc1nc(C2CC2)nc(N)c1C. The predicted molar refractivity (Wildman–Crippen MR) is 68.8 cm³/mol. The molecule has 1 fully saturated rings. The molecule has 0 amide bonds. The Morgan fingerprint density at radius 2 is 2.12 bits per heavy atom. The van der Waals surface area contributed by atoms with E-state index in [1.54, 1.807) is 0 Å². The molecule has 1 saturated carbocycles. The van der Waals surface area contributed by atoms with Gasteiger partial charge in [0.1, 0.15) is 16.7 Å². The maximum atomic E-state index is 5.93. The van der Waals surface area contributed by atoms with Gasteiger partial charge in [-0.15, -0.1) is 11.8 Å². The normalized spacial score (nSPS) is 15.4. The van der Waals surface area contributed by atoms with Gasteiger partial charge in [0.2, 0.25) is 0 Å². The van der Waals surface area contributed by atoms with E-state index in [1.165, 1.54) is 25.7 Å². The van der Waals surface area contributed by atoms with Gasteiger partial charge in [-0.05, 0) is 31.9 Å². The van der Waals surface area contributed by atoms with Crippen LogP contribution in [0.2, 0.25) is 0 Å². The van der Waals surface area contributed by atoms with Crippen molar-refractivity contribution in [3.05, 3.63) is 11.4 Å². The molecule has 1 aliphatic carbocycles. The Bertz CT molecular complexity index is 375. The van der Waals surface area contributed by atoms with E-state index in [2.05, 4.69) is 16.9 Å². The summed E-state index contributed by atoms with van der Waals surface area (Å²) in [5.74, 6) is 3.32. The Morgan fingerprint density at radius 1 is 1.38 bits per heavy atom. The third kappa shape index (κ3) is 2.67. The van der Waals surface area contributed by atoms with Gasteiger partial charge in [0, 0.05) is 11.5 Å². The van der Waals surface area contributed by atoms with Crippen LogP contribution in [0.4, 0.5) is 5.82 Å². The number of hydrogen-bond acceptors (Lipinski definition) is 4. The Balaban J connectivity index is 2.14. The van der Waals surface area contributed by atoms with Crippen LogP contribution in [0.1, 0.15) is 49.9 Å². The molecule has 2 N–H and O–H groups in total. The van der Waals surface area contributed by atoms with Crippen molar-refractivity contribution >= 4 is 17.6 Å². The molecule has 3 nitrogen and oxygen atoms in total. The van der Waals surface area contributed by atoms with Gasteiger partial charge in [0.25, 0.3) is 0 Å². The standard InChI is InChI=1S/C12H19N3S/c1-3-4-7-16-12-8(2)10(13)14-11(15-12)9-5-6-9/h9H,3-7H2,1-2H3,(H2,13,14,15). The van der Waals surface area contributed by atoms with Gasteiger partial charge in [-0.3, -0.25) is 0 Å². The topological polar surface area (TPSA) is 51.8 Å². The number of nitrogens with zero attached hydrogens (tertiary/aromatic N) is 2. The average Bonchev–Trinajstić information content (AvgIpc) is 3.08. The average molecular weight is 237 g/mol. The molecule has 16 heavy (non-hydrogen) atoms. The Kier molecular flexibility index (Phi) is 3.69. The summed E-state index contributed by atoms with van der Waals surface area (Å²) in [7, 11) is 0. The van der Waals surface area contributed by atoms with E-state index >= 15 is 0 Å². The van der Waals surface area contributed by atoms with Crippen molar-refractivity contribution in [2.75, 3.05) is 11.5 Å². The fourth-order valence-corrected chi connectivity index (χ4v) is 2.61. The van der Waals surface area contributed by atoms with Crippen molar-refractivity contribution in [3.8, 4) is 0 Å². The number of anilines is 1. The Labute approximate surface area is 101 Å². The van der Waals surface area contributed by atoms with Gasteiger partial charge >= 0.3 is 0 Å². The third-order valence-electron chi connectivity index (χ3n) is 2.84. The largest absolute Gasteiger partial charge is 0.383 e. The molecule has 2 rings (SSSR count). The van der Waals surface area contributed by atoms with Crippen LogP contribution in [0.3, 0.4) is 0 Å². The lowest BCUT2D eigenvalue weighted by atomic mass is 10.3. The lowest BCUT2D eigenvalue weighted by Gasteiger charge is -2.08. The Hall–Kier alpha value is -0.770. The number of aromatic nitrogens is 2. The molecule has 1 aromatic rings. The minimum Gasteiger partial charge on any atom is -0.383 e. The fraction of sp³-hybridized carbons (Fsp3) is 0.667. The van der Waals surface area contributed by atoms with Crippen molar-refractivity contribution in [3.63, 3.8) is 0 Å². The molecular formula is C12H19N3S. The van der Waals surface area contributed by atoms with Gasteiger partial charge in [-0.25, -0.2) is 9.97 Å². The first-order chi connectivity index (χ1) is 7.72. The summed E-state index contributed by atoms with van der Waals surface area (Å²) in [6, 6.07) is 0. The molecule has 0 saturated heterocycles. The van der Waals surface area contributed by atoms with Crippen LogP contribution in [0, 0.1) is 6.92 Å². The number of hydrogen-bond donors (Lipinski definition) is 1. The van der Waals surface area contributed by atoms with Crippen LogP contribution < -0.4 is 5.73 Å². The van der Waals surface area contributed by atoms with Crippen molar-refractivity contribution in [1.29, 1.82) is 0 Å². The van der Waals surface area contributed by atoms with E-state index in [4.69, 9.17) is 5.73 Å². The minimum absolute atomic E-state index is 0.577. The molecule has 1 aromatic heterocycles. The van der Waals surface area contributed by atoms with Gasteiger partial charge in [-0.2, -0.15) is 0 Å². The summed E-state index contributed by atoms with van der Waals surface area (Å²) < 4.78 is 0. The van der Waals surface area contributed by atoms with E-state index < -0.39 is 0 Å². The second-order valence-corrected chi connectivity index (χ2v) is 5.46. The number of rotatable bonds is 5. The number of nitrogen functional groups attached to an aromatic ring is 1. The second kappa shape index (κ2) is 5.04. The molecule has 0 radical (unpaired) electrons. The summed E-state index contributed by atoms with van der Waals surface area (Å²) >= 11 is 1.81. The Morgan fingerprint density at radius 3 is 2.75 bits per heavy atom. The molecule has 0 atom stereocenters. The first-order valence-electron chi connectivity index (χ1n) is 5.99. The summed E-state index contributed by atoms with van der Waals surface area (Å²) in [5.41, 5.74) is 6.97. The lowest BCUT2D eigenvalue weighted by Crippen LogP contribution is -2.03. The van der Waals surface area contributed by atoms with Crippen LogP contribution in [0.15, 0.2) is 5.03 Å². The van der Waals surface area contributed by atoms with Crippen molar-refractivity contribution in [2.45, 2.75) is 50.5 Å². The van der Waals surface area contributed by atoms with Crippen molar-refractivity contribution < 1.29 is 0 Å². The quantitative estimate of drug-likeness (QED) is 0.485. The first kappa shape index (κ1) is 11.7. The van der Waals surface area contributed by atoms with Crippen molar-refractivity contribution in [2.24, 2.45) is 0 Å². The zero-order valence-electron chi connectivity index (χ0n) is 9.99. The highest BCUT2D eigenvalue weighted by atomic mass is 32.2. The summed E-state index contributed by atoms with van der Waals surface area (Å²) in [6.07, 6.45) is 4.90. The summed E-state index contributed by atoms with van der Waals surface area (Å²) in [6.45, 7) is 4.22. The highest BCUT2D eigenvalue weighted by Crippen LogP contribution is 2.39. The summed E-state index contributed by atoms with van der Waals surface area (Å²) in [4.78, 5) is 9.02. The van der Waals surface area contributed by atoms with Crippen LogP contribution in [0.25, 0.3) is 0 Å². The fourth-order valence-electron chi connectivity index (χ4n) is 1.51. The molecule has 88 valence electrons. The molecule has 1 aliphatic rings.